The van der Waals surface area contributed by atoms with Crippen LogP contribution >= 0.6 is 11.6 Å². The molecule has 3 heteroatoms. The highest BCUT2D eigenvalue weighted by molar-refractivity contribution is 6.34. The topological polar surface area (TPSA) is 20.3 Å². The second-order valence-corrected chi connectivity index (χ2v) is 5.62. The summed E-state index contributed by atoms with van der Waals surface area (Å²) >= 11 is 6.05. The van der Waals surface area contributed by atoms with Gasteiger partial charge in [-0.15, -0.1) is 0 Å². The fraction of sp³-hybridized carbons (Fsp3) is 0.533. The molecule has 1 aromatic rings. The number of carbonyl (C=O) groups excluding carboxylic acids is 1. The van der Waals surface area contributed by atoms with Crippen LogP contribution in [-0.2, 0) is 0 Å². The Morgan fingerprint density at radius 2 is 2.11 bits per heavy atom. The van der Waals surface area contributed by atoms with Crippen LogP contribution in [0, 0.1) is 5.92 Å². The molecule has 1 atom stereocenters. The molecule has 1 unspecified atom stereocenters. The second kappa shape index (κ2) is 6.35. The van der Waals surface area contributed by atoms with Gasteiger partial charge in [0.1, 0.15) is 0 Å². The minimum absolute atomic E-state index is 0.134. The van der Waals surface area contributed by atoms with Crippen molar-refractivity contribution in [3.8, 4) is 0 Å². The molecule has 0 aliphatic carbocycles. The average Bonchev–Trinajstić information content (AvgIpc) is 2.55. The molecule has 1 fully saturated rings. The monoisotopic (exact) mass is 265 g/mol. The molecule has 98 valence electrons. The van der Waals surface area contributed by atoms with Crippen LogP contribution < -0.4 is 0 Å². The Kier molecular flexibility index (Phi) is 4.79. The summed E-state index contributed by atoms with van der Waals surface area (Å²) in [6, 6.07) is 7.31. The maximum absolute atomic E-state index is 12.2. The molecule has 1 heterocycles. The smallest absolute Gasteiger partial charge is 0.178 e. The van der Waals surface area contributed by atoms with E-state index in [0.29, 0.717) is 17.1 Å². The number of hydrogen-bond donors (Lipinski definition) is 0. The molecule has 0 bridgehead atoms. The number of likely N-dealkylation sites (tertiary alicyclic amines) is 1. The lowest BCUT2D eigenvalue weighted by molar-refractivity contribution is 0.0932. The summed E-state index contributed by atoms with van der Waals surface area (Å²) in [6.45, 7) is 4.84. The third-order valence-electron chi connectivity index (χ3n) is 3.65. The van der Waals surface area contributed by atoms with Gasteiger partial charge in [0.05, 0.1) is 11.6 Å². The van der Waals surface area contributed by atoms with Gasteiger partial charge in [-0.05, 0) is 50.4 Å². The predicted octanol–water partition coefficient (Wildman–Crippen LogP) is 3.64. The highest BCUT2D eigenvalue weighted by atomic mass is 35.5. The van der Waals surface area contributed by atoms with Crippen molar-refractivity contribution in [1.29, 1.82) is 0 Å². The number of halogens is 1. The summed E-state index contributed by atoms with van der Waals surface area (Å²) < 4.78 is 0. The maximum atomic E-state index is 12.2. The Labute approximate surface area is 114 Å². The van der Waals surface area contributed by atoms with Gasteiger partial charge < -0.3 is 0 Å². The van der Waals surface area contributed by atoms with Crippen molar-refractivity contribution in [1.82, 2.24) is 4.90 Å². The third kappa shape index (κ3) is 3.56. The SMILES string of the molecule is CC1CCCN(CC(=O)c2ccccc2Cl)CC1. The van der Waals surface area contributed by atoms with E-state index in [2.05, 4.69) is 11.8 Å². The minimum Gasteiger partial charge on any atom is -0.296 e. The molecule has 1 aromatic carbocycles. The van der Waals surface area contributed by atoms with Crippen molar-refractivity contribution in [2.45, 2.75) is 26.2 Å². The average molecular weight is 266 g/mol. The van der Waals surface area contributed by atoms with Crippen molar-refractivity contribution in [2.75, 3.05) is 19.6 Å². The van der Waals surface area contributed by atoms with Gasteiger partial charge in [-0.2, -0.15) is 0 Å². The predicted molar refractivity (Wildman–Crippen MR) is 75.2 cm³/mol. The lowest BCUT2D eigenvalue weighted by atomic mass is 10.0. The van der Waals surface area contributed by atoms with Crippen molar-refractivity contribution >= 4 is 17.4 Å². The van der Waals surface area contributed by atoms with Crippen LogP contribution in [0.2, 0.25) is 5.02 Å². The summed E-state index contributed by atoms with van der Waals surface area (Å²) in [4.78, 5) is 14.5. The van der Waals surface area contributed by atoms with E-state index < -0.39 is 0 Å². The zero-order valence-electron chi connectivity index (χ0n) is 10.9. The first-order valence-electron chi connectivity index (χ1n) is 6.67. The molecule has 1 aliphatic rings. The van der Waals surface area contributed by atoms with E-state index in [1.54, 1.807) is 6.07 Å². The van der Waals surface area contributed by atoms with Gasteiger partial charge in [0, 0.05) is 5.56 Å². The van der Waals surface area contributed by atoms with Crippen molar-refractivity contribution < 1.29 is 4.79 Å². The van der Waals surface area contributed by atoms with Crippen LogP contribution in [0.5, 0.6) is 0 Å². The van der Waals surface area contributed by atoms with Gasteiger partial charge >= 0.3 is 0 Å². The van der Waals surface area contributed by atoms with Crippen LogP contribution in [-0.4, -0.2) is 30.3 Å². The summed E-state index contributed by atoms with van der Waals surface area (Å²) in [6.07, 6.45) is 3.66. The normalized spacial score (nSPS) is 21.6. The van der Waals surface area contributed by atoms with Crippen LogP contribution in [0.3, 0.4) is 0 Å². The van der Waals surface area contributed by atoms with Crippen LogP contribution in [0.15, 0.2) is 24.3 Å². The van der Waals surface area contributed by atoms with E-state index in [1.807, 2.05) is 18.2 Å². The van der Waals surface area contributed by atoms with Crippen LogP contribution in [0.1, 0.15) is 36.5 Å². The lowest BCUT2D eigenvalue weighted by Crippen LogP contribution is -2.31. The molecule has 0 amide bonds. The maximum Gasteiger partial charge on any atom is 0.178 e. The number of benzene rings is 1. The van der Waals surface area contributed by atoms with Gasteiger partial charge in [-0.3, -0.25) is 9.69 Å². The molecule has 0 N–H and O–H groups in total. The van der Waals surface area contributed by atoms with E-state index in [1.165, 1.54) is 19.3 Å². The van der Waals surface area contributed by atoms with E-state index in [9.17, 15) is 4.79 Å². The first kappa shape index (κ1) is 13.6. The molecule has 1 saturated heterocycles. The lowest BCUT2D eigenvalue weighted by Gasteiger charge is -2.19. The fourth-order valence-corrected chi connectivity index (χ4v) is 2.70. The highest BCUT2D eigenvalue weighted by Crippen LogP contribution is 2.19. The van der Waals surface area contributed by atoms with Gasteiger partial charge in [-0.25, -0.2) is 0 Å². The molecule has 2 nitrogen and oxygen atoms in total. The summed E-state index contributed by atoms with van der Waals surface area (Å²) in [5.41, 5.74) is 0.650. The van der Waals surface area contributed by atoms with Crippen molar-refractivity contribution in [2.24, 2.45) is 5.92 Å². The van der Waals surface area contributed by atoms with Crippen molar-refractivity contribution in [3.63, 3.8) is 0 Å². The zero-order chi connectivity index (χ0) is 13.0. The number of Topliss-reactive ketones (excluding diaryl/α,β-unsaturated/α-hetero) is 1. The van der Waals surface area contributed by atoms with Gasteiger partial charge in [-0.1, -0.05) is 30.7 Å². The Hall–Kier alpha value is -0.860. The molecule has 0 radical (unpaired) electrons. The van der Waals surface area contributed by atoms with E-state index >= 15 is 0 Å². The third-order valence-corrected chi connectivity index (χ3v) is 3.98. The quantitative estimate of drug-likeness (QED) is 0.778. The summed E-state index contributed by atoms with van der Waals surface area (Å²) in [5, 5.41) is 0.561. The largest absolute Gasteiger partial charge is 0.296 e. The number of nitrogens with zero attached hydrogens (tertiary/aromatic N) is 1. The molecular weight excluding hydrogens is 246 g/mol. The minimum atomic E-state index is 0.134. The molecule has 1 aliphatic heterocycles. The zero-order valence-corrected chi connectivity index (χ0v) is 11.6. The number of rotatable bonds is 3. The fourth-order valence-electron chi connectivity index (χ4n) is 2.46. The van der Waals surface area contributed by atoms with E-state index in [0.717, 1.165) is 19.0 Å². The number of hydrogen-bond acceptors (Lipinski definition) is 2. The standard InChI is InChI=1S/C15H20ClNO/c1-12-5-4-9-17(10-8-12)11-15(18)13-6-2-3-7-14(13)16/h2-3,6-7,12H,4-5,8-11H2,1H3. The van der Waals surface area contributed by atoms with Gasteiger partial charge in [0.2, 0.25) is 0 Å². The molecule has 0 aromatic heterocycles. The Balaban J connectivity index is 1.97. The molecule has 18 heavy (non-hydrogen) atoms. The van der Waals surface area contributed by atoms with Gasteiger partial charge in [0.15, 0.2) is 5.78 Å². The summed E-state index contributed by atoms with van der Waals surface area (Å²) in [7, 11) is 0. The van der Waals surface area contributed by atoms with Crippen LogP contribution in [0.25, 0.3) is 0 Å². The van der Waals surface area contributed by atoms with Gasteiger partial charge in [0.25, 0.3) is 0 Å². The molecule has 2 rings (SSSR count). The Bertz CT molecular complexity index is 419. The Morgan fingerprint density at radius 1 is 1.33 bits per heavy atom. The number of carbonyl (C=O) groups is 1. The molecule has 0 spiro atoms. The van der Waals surface area contributed by atoms with Crippen molar-refractivity contribution in [3.05, 3.63) is 34.9 Å². The molecule has 0 saturated carbocycles. The molecular formula is C15H20ClNO. The van der Waals surface area contributed by atoms with E-state index in [-0.39, 0.29) is 5.78 Å². The highest BCUT2D eigenvalue weighted by Gasteiger charge is 2.18. The van der Waals surface area contributed by atoms with Crippen LogP contribution in [0.4, 0.5) is 0 Å². The van der Waals surface area contributed by atoms with E-state index in [4.69, 9.17) is 11.6 Å². The summed E-state index contributed by atoms with van der Waals surface area (Å²) in [5.74, 6) is 0.917. The first-order chi connectivity index (χ1) is 8.66. The Morgan fingerprint density at radius 3 is 2.89 bits per heavy atom. The second-order valence-electron chi connectivity index (χ2n) is 5.22. The number of ketones is 1. The first-order valence-corrected chi connectivity index (χ1v) is 7.04.